The number of aryl methyl sites for hydroxylation is 1. The molecule has 1 aliphatic heterocycles. The second-order valence-corrected chi connectivity index (χ2v) is 6.17. The number of fused-ring (bicyclic) bond motifs is 1. The van der Waals surface area contributed by atoms with Crippen molar-refractivity contribution in [2.45, 2.75) is 19.3 Å². The molecule has 0 bridgehead atoms. The summed E-state index contributed by atoms with van der Waals surface area (Å²) in [4.78, 5) is 4.83. The molecule has 3 nitrogen and oxygen atoms in total. The lowest BCUT2D eigenvalue weighted by Gasteiger charge is -2.21. The van der Waals surface area contributed by atoms with Crippen LogP contribution in [-0.2, 0) is 12.8 Å². The summed E-state index contributed by atoms with van der Waals surface area (Å²) in [6.45, 7) is 0.793. The van der Waals surface area contributed by atoms with Gasteiger partial charge in [0.2, 0.25) is 0 Å². The Bertz CT molecular complexity index is 755. The topological polar surface area (TPSA) is 30.8 Å². The fourth-order valence-corrected chi connectivity index (χ4v) is 3.31. The first-order valence-corrected chi connectivity index (χ1v) is 8.76. The first-order chi connectivity index (χ1) is 11.8. The molecule has 0 saturated heterocycles. The molecule has 0 saturated carbocycles. The fourth-order valence-electron chi connectivity index (χ4n) is 3.18. The van der Waals surface area contributed by atoms with E-state index in [-0.39, 0.29) is 0 Å². The van der Waals surface area contributed by atoms with Crippen LogP contribution in [0.15, 0.2) is 41.4 Å². The Kier molecular flexibility index (Phi) is 5.41. The van der Waals surface area contributed by atoms with Crippen molar-refractivity contribution in [1.82, 2.24) is 0 Å². The van der Waals surface area contributed by atoms with Crippen LogP contribution in [0.3, 0.4) is 0 Å². The minimum atomic E-state index is 0.669. The zero-order valence-electron chi connectivity index (χ0n) is 14.1. The molecule has 0 fully saturated rings. The Hall–Kier alpha value is -2.00. The molecule has 0 N–H and O–H groups in total. The Balaban J connectivity index is 2.08. The summed E-state index contributed by atoms with van der Waals surface area (Å²) >= 11 is 5.88. The summed E-state index contributed by atoms with van der Waals surface area (Å²) in [7, 11) is 3.34. The van der Waals surface area contributed by atoms with E-state index < -0.39 is 0 Å². The number of halogens is 1. The predicted molar refractivity (Wildman–Crippen MR) is 99.2 cm³/mol. The number of alkyl halides is 1. The van der Waals surface area contributed by atoms with Gasteiger partial charge in [-0.2, -0.15) is 0 Å². The monoisotopic (exact) mass is 343 g/mol. The van der Waals surface area contributed by atoms with Crippen LogP contribution in [0.2, 0.25) is 0 Å². The van der Waals surface area contributed by atoms with Crippen LogP contribution < -0.4 is 9.47 Å². The van der Waals surface area contributed by atoms with Crippen molar-refractivity contribution in [3.63, 3.8) is 0 Å². The first kappa shape index (κ1) is 16.8. The van der Waals surface area contributed by atoms with Gasteiger partial charge in [-0.15, -0.1) is 11.6 Å². The van der Waals surface area contributed by atoms with E-state index in [1.54, 1.807) is 14.2 Å². The second kappa shape index (κ2) is 7.71. The standard InChI is InChI=1S/C20H22ClNO2/c1-23-18-12-15-9-11-22-20(17(15)13-19(18)24-2)16-8-4-3-6-14(16)7-5-10-21/h3-4,6,8,12-13H,5,7,9-11H2,1-2H3. The lowest BCUT2D eigenvalue weighted by atomic mass is 9.89. The summed E-state index contributed by atoms with van der Waals surface area (Å²) in [5.74, 6) is 2.18. The van der Waals surface area contributed by atoms with Crippen LogP contribution in [0.25, 0.3) is 0 Å². The van der Waals surface area contributed by atoms with E-state index in [2.05, 4.69) is 30.3 Å². The Morgan fingerprint density at radius 1 is 1.04 bits per heavy atom. The first-order valence-electron chi connectivity index (χ1n) is 8.22. The number of ether oxygens (including phenoxy) is 2. The van der Waals surface area contributed by atoms with Gasteiger partial charge in [0.05, 0.1) is 19.9 Å². The van der Waals surface area contributed by atoms with Crippen LogP contribution in [-0.4, -0.2) is 32.4 Å². The molecule has 0 aliphatic carbocycles. The molecule has 126 valence electrons. The van der Waals surface area contributed by atoms with Crippen molar-refractivity contribution in [3.05, 3.63) is 58.7 Å². The highest BCUT2D eigenvalue weighted by Crippen LogP contribution is 2.34. The van der Waals surface area contributed by atoms with E-state index >= 15 is 0 Å². The van der Waals surface area contributed by atoms with Crippen LogP contribution in [0.4, 0.5) is 0 Å². The third kappa shape index (κ3) is 3.27. The van der Waals surface area contributed by atoms with E-state index in [1.807, 2.05) is 6.07 Å². The van der Waals surface area contributed by atoms with Crippen molar-refractivity contribution >= 4 is 17.3 Å². The maximum Gasteiger partial charge on any atom is 0.161 e. The van der Waals surface area contributed by atoms with Gasteiger partial charge in [0.25, 0.3) is 0 Å². The Labute approximate surface area is 148 Å². The maximum absolute atomic E-state index is 5.88. The van der Waals surface area contributed by atoms with Crippen LogP contribution in [0.1, 0.15) is 28.7 Å². The number of rotatable bonds is 6. The average molecular weight is 344 g/mol. The SMILES string of the molecule is COc1cc2c(cc1OC)C(c1ccccc1CCCCl)=NCC2. The smallest absolute Gasteiger partial charge is 0.161 e. The lowest BCUT2D eigenvalue weighted by Crippen LogP contribution is -2.16. The average Bonchev–Trinajstić information content (AvgIpc) is 2.64. The molecule has 0 atom stereocenters. The van der Waals surface area contributed by atoms with Gasteiger partial charge < -0.3 is 9.47 Å². The molecule has 24 heavy (non-hydrogen) atoms. The molecule has 0 radical (unpaired) electrons. The molecule has 3 rings (SSSR count). The van der Waals surface area contributed by atoms with E-state index in [0.29, 0.717) is 5.88 Å². The van der Waals surface area contributed by atoms with Crippen molar-refractivity contribution in [1.29, 1.82) is 0 Å². The molecule has 1 aliphatic rings. The highest BCUT2D eigenvalue weighted by Gasteiger charge is 2.21. The van der Waals surface area contributed by atoms with E-state index in [0.717, 1.165) is 48.6 Å². The maximum atomic E-state index is 5.88. The zero-order valence-corrected chi connectivity index (χ0v) is 14.9. The highest BCUT2D eigenvalue weighted by molar-refractivity contribution is 6.18. The Morgan fingerprint density at radius 2 is 1.79 bits per heavy atom. The molecule has 0 spiro atoms. The molecule has 0 amide bonds. The zero-order chi connectivity index (χ0) is 16.9. The number of hydrogen-bond donors (Lipinski definition) is 0. The predicted octanol–water partition coefficient (Wildman–Crippen LogP) is 4.27. The summed E-state index contributed by atoms with van der Waals surface area (Å²) in [5, 5.41) is 0. The van der Waals surface area contributed by atoms with E-state index in [9.17, 15) is 0 Å². The molecule has 2 aromatic carbocycles. The van der Waals surface area contributed by atoms with Gasteiger partial charge in [-0.25, -0.2) is 0 Å². The van der Waals surface area contributed by atoms with E-state index in [1.165, 1.54) is 16.7 Å². The number of aliphatic imine (C=N–C) groups is 1. The van der Waals surface area contributed by atoms with Gasteiger partial charge in [-0.05, 0) is 42.5 Å². The quantitative estimate of drug-likeness (QED) is 0.733. The van der Waals surface area contributed by atoms with Gasteiger partial charge in [-0.3, -0.25) is 4.99 Å². The van der Waals surface area contributed by atoms with Gasteiger partial charge in [-0.1, -0.05) is 24.3 Å². The summed E-state index contributed by atoms with van der Waals surface area (Å²) in [6, 6.07) is 12.6. The second-order valence-electron chi connectivity index (χ2n) is 5.79. The number of hydrogen-bond acceptors (Lipinski definition) is 3. The van der Waals surface area contributed by atoms with E-state index in [4.69, 9.17) is 26.1 Å². The van der Waals surface area contributed by atoms with Gasteiger partial charge in [0, 0.05) is 23.6 Å². The molecular formula is C20H22ClNO2. The van der Waals surface area contributed by atoms with Crippen LogP contribution >= 0.6 is 11.6 Å². The van der Waals surface area contributed by atoms with Crippen molar-refractivity contribution in [3.8, 4) is 11.5 Å². The Morgan fingerprint density at radius 3 is 2.54 bits per heavy atom. The minimum Gasteiger partial charge on any atom is -0.493 e. The molecule has 0 aromatic heterocycles. The third-order valence-electron chi connectivity index (χ3n) is 4.37. The van der Waals surface area contributed by atoms with Gasteiger partial charge in [0.15, 0.2) is 11.5 Å². The summed E-state index contributed by atoms with van der Waals surface area (Å²) in [5.41, 5.74) is 5.92. The minimum absolute atomic E-state index is 0.669. The normalized spacial score (nSPS) is 13.2. The van der Waals surface area contributed by atoms with Crippen molar-refractivity contribution in [2.24, 2.45) is 4.99 Å². The number of nitrogens with zero attached hydrogens (tertiary/aromatic N) is 1. The number of benzene rings is 2. The molecular weight excluding hydrogens is 322 g/mol. The fraction of sp³-hybridized carbons (Fsp3) is 0.350. The molecule has 4 heteroatoms. The van der Waals surface area contributed by atoms with Crippen molar-refractivity contribution in [2.75, 3.05) is 26.6 Å². The van der Waals surface area contributed by atoms with Crippen LogP contribution in [0.5, 0.6) is 11.5 Å². The lowest BCUT2D eigenvalue weighted by molar-refractivity contribution is 0.354. The van der Waals surface area contributed by atoms with Gasteiger partial charge in [0.1, 0.15) is 0 Å². The number of methoxy groups -OCH3 is 2. The highest BCUT2D eigenvalue weighted by atomic mass is 35.5. The molecule has 0 unspecified atom stereocenters. The summed E-state index contributed by atoms with van der Waals surface area (Å²) in [6.07, 6.45) is 2.84. The molecule has 2 aromatic rings. The van der Waals surface area contributed by atoms with Crippen LogP contribution in [0, 0.1) is 0 Å². The molecule has 1 heterocycles. The van der Waals surface area contributed by atoms with Crippen molar-refractivity contribution < 1.29 is 9.47 Å². The largest absolute Gasteiger partial charge is 0.493 e. The third-order valence-corrected chi connectivity index (χ3v) is 4.64. The van der Waals surface area contributed by atoms with Gasteiger partial charge >= 0.3 is 0 Å². The summed E-state index contributed by atoms with van der Waals surface area (Å²) < 4.78 is 10.9.